The van der Waals surface area contributed by atoms with Gasteiger partial charge in [-0.1, -0.05) is 6.92 Å². The molecule has 6 heteroatoms. The van der Waals surface area contributed by atoms with E-state index in [0.717, 1.165) is 12.2 Å². The maximum atomic E-state index is 12.0. The van der Waals surface area contributed by atoms with E-state index in [0.29, 0.717) is 19.5 Å². The van der Waals surface area contributed by atoms with Crippen molar-refractivity contribution in [2.75, 3.05) is 25.1 Å². The van der Waals surface area contributed by atoms with Crippen LogP contribution in [0.1, 0.15) is 26.7 Å². The molecular formula is C12H22N2O3S. The fraction of sp³-hybridized carbons (Fsp3) is 0.833. The van der Waals surface area contributed by atoms with Crippen molar-refractivity contribution in [3.63, 3.8) is 0 Å². The SMILES string of the molecule is CCC(CSC)NC(=O)N1CCC(C)(C(=O)O)C1. The lowest BCUT2D eigenvalue weighted by atomic mass is 9.90. The molecule has 0 aromatic heterocycles. The Bertz CT molecular complexity index is 324. The fourth-order valence-corrected chi connectivity index (χ4v) is 2.76. The molecule has 0 saturated carbocycles. The van der Waals surface area contributed by atoms with Gasteiger partial charge >= 0.3 is 12.0 Å². The van der Waals surface area contributed by atoms with Crippen molar-refractivity contribution in [2.45, 2.75) is 32.7 Å². The number of hydrogen-bond donors (Lipinski definition) is 2. The minimum absolute atomic E-state index is 0.138. The highest BCUT2D eigenvalue weighted by atomic mass is 32.2. The van der Waals surface area contributed by atoms with E-state index in [9.17, 15) is 9.59 Å². The van der Waals surface area contributed by atoms with Crippen LogP contribution in [0.5, 0.6) is 0 Å². The minimum atomic E-state index is -0.825. The molecule has 0 bridgehead atoms. The van der Waals surface area contributed by atoms with Crippen molar-refractivity contribution in [3.8, 4) is 0 Å². The van der Waals surface area contributed by atoms with Gasteiger partial charge in [0.1, 0.15) is 0 Å². The Balaban J connectivity index is 2.52. The first-order chi connectivity index (χ1) is 8.42. The van der Waals surface area contributed by atoms with Crippen LogP contribution in [-0.2, 0) is 4.79 Å². The van der Waals surface area contributed by atoms with E-state index in [4.69, 9.17) is 5.11 Å². The lowest BCUT2D eigenvalue weighted by molar-refractivity contribution is -0.146. The Kier molecular flexibility index (Phi) is 5.31. The largest absolute Gasteiger partial charge is 0.481 e. The number of amides is 2. The summed E-state index contributed by atoms with van der Waals surface area (Å²) in [5, 5.41) is 12.1. The third kappa shape index (κ3) is 3.54. The molecule has 0 aliphatic carbocycles. The molecule has 1 aliphatic rings. The Morgan fingerprint density at radius 2 is 2.22 bits per heavy atom. The number of rotatable bonds is 5. The smallest absolute Gasteiger partial charge is 0.317 e. The van der Waals surface area contributed by atoms with Crippen LogP contribution < -0.4 is 5.32 Å². The molecule has 1 aliphatic heterocycles. The lowest BCUT2D eigenvalue weighted by Gasteiger charge is -2.23. The number of carboxylic acid groups (broad SMARTS) is 1. The number of hydrogen-bond acceptors (Lipinski definition) is 3. The minimum Gasteiger partial charge on any atom is -0.481 e. The van der Waals surface area contributed by atoms with Crippen LogP contribution in [0.4, 0.5) is 4.79 Å². The van der Waals surface area contributed by atoms with Crippen molar-refractivity contribution in [3.05, 3.63) is 0 Å². The molecule has 5 nitrogen and oxygen atoms in total. The normalized spacial score (nSPS) is 24.9. The third-order valence-electron chi connectivity index (χ3n) is 3.47. The number of carbonyl (C=O) groups is 2. The monoisotopic (exact) mass is 274 g/mol. The van der Waals surface area contributed by atoms with Gasteiger partial charge in [0.25, 0.3) is 0 Å². The molecule has 0 radical (unpaired) electrons. The van der Waals surface area contributed by atoms with Crippen LogP contribution >= 0.6 is 11.8 Å². The van der Waals surface area contributed by atoms with Gasteiger partial charge in [-0.2, -0.15) is 11.8 Å². The average molecular weight is 274 g/mol. The summed E-state index contributed by atoms with van der Waals surface area (Å²) in [6, 6.07) is 0.0186. The Morgan fingerprint density at radius 1 is 1.56 bits per heavy atom. The first kappa shape index (κ1) is 15.1. The van der Waals surface area contributed by atoms with Crippen LogP contribution in [0.3, 0.4) is 0 Å². The Morgan fingerprint density at radius 3 is 2.67 bits per heavy atom. The molecule has 2 amide bonds. The van der Waals surface area contributed by atoms with Crippen molar-refractivity contribution in [1.29, 1.82) is 0 Å². The zero-order valence-corrected chi connectivity index (χ0v) is 12.0. The van der Waals surface area contributed by atoms with Gasteiger partial charge in [0.15, 0.2) is 0 Å². The van der Waals surface area contributed by atoms with Crippen molar-refractivity contribution in [2.24, 2.45) is 5.41 Å². The number of carboxylic acids is 1. The number of aliphatic carboxylic acids is 1. The van der Waals surface area contributed by atoms with Gasteiger partial charge in [0.2, 0.25) is 0 Å². The summed E-state index contributed by atoms with van der Waals surface area (Å²) in [5.74, 6) is 0.0562. The maximum Gasteiger partial charge on any atom is 0.317 e. The Labute approximate surface area is 112 Å². The standard InChI is InChI=1S/C12H22N2O3S/c1-4-9(7-18-3)13-11(17)14-6-5-12(2,8-14)10(15)16/h9H,4-8H2,1-3H3,(H,13,17)(H,15,16). The van der Waals surface area contributed by atoms with Crippen LogP contribution in [-0.4, -0.2) is 53.1 Å². The second kappa shape index (κ2) is 6.31. The van der Waals surface area contributed by atoms with Crippen LogP contribution in [0.15, 0.2) is 0 Å². The number of urea groups is 1. The van der Waals surface area contributed by atoms with Gasteiger partial charge in [-0.15, -0.1) is 0 Å². The number of nitrogens with zero attached hydrogens (tertiary/aromatic N) is 1. The third-order valence-corrected chi connectivity index (χ3v) is 4.20. The molecule has 104 valence electrons. The van der Waals surface area contributed by atoms with Crippen LogP contribution in [0.25, 0.3) is 0 Å². The zero-order valence-electron chi connectivity index (χ0n) is 11.2. The summed E-state index contributed by atoms with van der Waals surface area (Å²) in [7, 11) is 0. The quantitative estimate of drug-likeness (QED) is 0.799. The fourth-order valence-electron chi connectivity index (χ4n) is 2.04. The van der Waals surface area contributed by atoms with Gasteiger partial charge in [-0.05, 0) is 26.0 Å². The summed E-state index contributed by atoms with van der Waals surface area (Å²) in [6.45, 7) is 4.54. The Hall–Kier alpha value is -0.910. The zero-order chi connectivity index (χ0) is 13.8. The van der Waals surface area contributed by atoms with E-state index in [-0.39, 0.29) is 12.1 Å². The summed E-state index contributed by atoms with van der Waals surface area (Å²) < 4.78 is 0. The van der Waals surface area contributed by atoms with E-state index in [2.05, 4.69) is 5.32 Å². The van der Waals surface area contributed by atoms with E-state index in [1.54, 1.807) is 23.6 Å². The second-order valence-corrected chi connectivity index (χ2v) is 5.96. The highest BCUT2D eigenvalue weighted by Crippen LogP contribution is 2.30. The van der Waals surface area contributed by atoms with Gasteiger partial charge < -0.3 is 15.3 Å². The van der Waals surface area contributed by atoms with Crippen molar-refractivity contribution < 1.29 is 14.7 Å². The topological polar surface area (TPSA) is 69.6 Å². The van der Waals surface area contributed by atoms with Gasteiger partial charge in [-0.25, -0.2) is 4.79 Å². The second-order valence-electron chi connectivity index (χ2n) is 5.05. The first-order valence-electron chi connectivity index (χ1n) is 6.20. The molecule has 0 aromatic carbocycles. The van der Waals surface area contributed by atoms with Gasteiger partial charge in [0.05, 0.1) is 5.41 Å². The van der Waals surface area contributed by atoms with E-state index >= 15 is 0 Å². The molecule has 2 atom stereocenters. The van der Waals surface area contributed by atoms with E-state index in [1.807, 2.05) is 13.2 Å². The van der Waals surface area contributed by atoms with E-state index in [1.165, 1.54) is 0 Å². The van der Waals surface area contributed by atoms with Crippen LogP contribution in [0, 0.1) is 5.41 Å². The molecule has 2 N–H and O–H groups in total. The molecule has 1 fully saturated rings. The molecule has 18 heavy (non-hydrogen) atoms. The highest BCUT2D eigenvalue weighted by molar-refractivity contribution is 7.98. The maximum absolute atomic E-state index is 12.0. The van der Waals surface area contributed by atoms with E-state index < -0.39 is 11.4 Å². The molecule has 1 saturated heterocycles. The molecule has 0 aromatic rings. The molecule has 0 spiro atoms. The lowest BCUT2D eigenvalue weighted by Crippen LogP contribution is -2.45. The van der Waals surface area contributed by atoms with Crippen molar-refractivity contribution in [1.82, 2.24) is 10.2 Å². The molecule has 2 unspecified atom stereocenters. The van der Waals surface area contributed by atoms with Crippen LogP contribution in [0.2, 0.25) is 0 Å². The molecular weight excluding hydrogens is 252 g/mol. The van der Waals surface area contributed by atoms with Gasteiger partial charge in [0, 0.05) is 24.9 Å². The van der Waals surface area contributed by atoms with Crippen molar-refractivity contribution >= 4 is 23.8 Å². The predicted molar refractivity (Wildman–Crippen MR) is 72.9 cm³/mol. The highest BCUT2D eigenvalue weighted by Gasteiger charge is 2.42. The van der Waals surface area contributed by atoms with Gasteiger partial charge in [-0.3, -0.25) is 4.79 Å². The summed E-state index contributed by atoms with van der Waals surface area (Å²) in [6.07, 6.45) is 3.41. The summed E-state index contributed by atoms with van der Waals surface area (Å²) in [4.78, 5) is 24.7. The summed E-state index contributed by atoms with van der Waals surface area (Å²) in [5.41, 5.74) is -0.793. The number of carbonyl (C=O) groups excluding carboxylic acids is 1. The number of thioether (sulfide) groups is 1. The molecule has 1 rings (SSSR count). The number of nitrogens with one attached hydrogen (secondary N) is 1. The average Bonchev–Trinajstić information content (AvgIpc) is 2.73. The number of likely N-dealkylation sites (tertiary alicyclic amines) is 1. The molecule has 1 heterocycles. The summed E-state index contributed by atoms with van der Waals surface area (Å²) >= 11 is 1.70. The predicted octanol–water partition coefficient (Wildman–Crippen LogP) is 1.63. The first-order valence-corrected chi connectivity index (χ1v) is 7.60.